The summed E-state index contributed by atoms with van der Waals surface area (Å²) in [6.07, 6.45) is 1.75. The SMILES string of the molecule is COc1cccc(OC)c1C(=O)N1CCCC(c2nc(-c3cccc(C)c3)no2)C1. The maximum atomic E-state index is 13.3. The van der Waals surface area contributed by atoms with Crippen molar-refractivity contribution in [2.24, 2.45) is 0 Å². The van der Waals surface area contributed by atoms with Crippen LogP contribution >= 0.6 is 0 Å². The third-order valence-corrected chi connectivity index (χ3v) is 5.42. The van der Waals surface area contributed by atoms with Crippen LogP contribution < -0.4 is 9.47 Å². The van der Waals surface area contributed by atoms with Gasteiger partial charge in [0.15, 0.2) is 0 Å². The second-order valence-electron chi connectivity index (χ2n) is 7.45. The lowest BCUT2D eigenvalue weighted by atomic mass is 9.97. The molecule has 3 aromatic rings. The van der Waals surface area contributed by atoms with Crippen LogP contribution in [0.5, 0.6) is 11.5 Å². The van der Waals surface area contributed by atoms with E-state index < -0.39 is 0 Å². The van der Waals surface area contributed by atoms with Gasteiger partial charge in [-0.25, -0.2) is 0 Å². The van der Waals surface area contributed by atoms with Crippen molar-refractivity contribution < 1.29 is 18.8 Å². The molecule has 1 aromatic heterocycles. The predicted molar refractivity (Wildman–Crippen MR) is 112 cm³/mol. The van der Waals surface area contributed by atoms with Crippen molar-refractivity contribution in [1.29, 1.82) is 0 Å². The first kappa shape index (κ1) is 19.9. The van der Waals surface area contributed by atoms with Gasteiger partial charge >= 0.3 is 0 Å². The van der Waals surface area contributed by atoms with Crippen LogP contribution in [0.25, 0.3) is 11.4 Å². The Kier molecular flexibility index (Phi) is 5.70. The van der Waals surface area contributed by atoms with Gasteiger partial charge in [-0.3, -0.25) is 4.79 Å². The van der Waals surface area contributed by atoms with E-state index in [1.807, 2.05) is 36.1 Å². The normalized spacial score (nSPS) is 16.4. The molecule has 1 aliphatic rings. The zero-order valence-corrected chi connectivity index (χ0v) is 17.4. The quantitative estimate of drug-likeness (QED) is 0.634. The van der Waals surface area contributed by atoms with Crippen LogP contribution in [0.3, 0.4) is 0 Å². The van der Waals surface area contributed by atoms with Gasteiger partial charge in [0.1, 0.15) is 17.1 Å². The molecule has 1 fully saturated rings. The minimum absolute atomic E-state index is 0.00513. The molecule has 2 aromatic carbocycles. The number of hydrogen-bond acceptors (Lipinski definition) is 6. The molecule has 1 unspecified atom stereocenters. The van der Waals surface area contributed by atoms with Gasteiger partial charge in [0, 0.05) is 18.7 Å². The van der Waals surface area contributed by atoms with Crippen LogP contribution in [0.1, 0.15) is 40.6 Å². The number of carbonyl (C=O) groups excluding carboxylic acids is 1. The van der Waals surface area contributed by atoms with Crippen LogP contribution in [0.2, 0.25) is 0 Å². The fourth-order valence-electron chi connectivity index (χ4n) is 3.89. The molecule has 0 bridgehead atoms. The molecule has 1 saturated heterocycles. The van der Waals surface area contributed by atoms with E-state index in [4.69, 9.17) is 14.0 Å². The van der Waals surface area contributed by atoms with Crippen LogP contribution in [0, 0.1) is 6.92 Å². The molecule has 2 heterocycles. The van der Waals surface area contributed by atoms with Gasteiger partial charge in [0.05, 0.1) is 20.1 Å². The molecule has 30 heavy (non-hydrogen) atoms. The molecule has 0 radical (unpaired) electrons. The lowest BCUT2D eigenvalue weighted by Crippen LogP contribution is -2.39. The average Bonchev–Trinajstić information content (AvgIpc) is 3.28. The van der Waals surface area contributed by atoms with Crippen molar-refractivity contribution in [2.45, 2.75) is 25.7 Å². The molecule has 0 spiro atoms. The summed E-state index contributed by atoms with van der Waals surface area (Å²) in [6.45, 7) is 3.20. The molecular weight excluding hydrogens is 382 g/mol. The lowest BCUT2D eigenvalue weighted by molar-refractivity contribution is 0.0688. The second kappa shape index (κ2) is 8.57. The van der Waals surface area contributed by atoms with Crippen molar-refractivity contribution >= 4 is 5.91 Å². The minimum Gasteiger partial charge on any atom is -0.496 e. The summed E-state index contributed by atoms with van der Waals surface area (Å²) in [7, 11) is 3.10. The molecule has 0 N–H and O–H groups in total. The molecule has 7 nitrogen and oxygen atoms in total. The highest BCUT2D eigenvalue weighted by Crippen LogP contribution is 2.33. The summed E-state index contributed by atoms with van der Waals surface area (Å²) >= 11 is 0. The van der Waals surface area contributed by atoms with E-state index in [2.05, 4.69) is 10.1 Å². The first-order chi connectivity index (χ1) is 14.6. The topological polar surface area (TPSA) is 77.7 Å². The number of nitrogens with zero attached hydrogens (tertiary/aromatic N) is 3. The molecule has 1 aliphatic heterocycles. The van der Waals surface area contributed by atoms with Crippen molar-refractivity contribution in [1.82, 2.24) is 15.0 Å². The third-order valence-electron chi connectivity index (χ3n) is 5.42. The Bertz CT molecular complexity index is 1020. The van der Waals surface area contributed by atoms with Crippen molar-refractivity contribution in [3.05, 3.63) is 59.5 Å². The van der Waals surface area contributed by atoms with Gasteiger partial charge in [-0.1, -0.05) is 35.0 Å². The number of methoxy groups -OCH3 is 2. The summed E-state index contributed by atoms with van der Waals surface area (Å²) in [5.74, 6) is 2.02. The molecule has 0 aliphatic carbocycles. The van der Waals surface area contributed by atoms with Gasteiger partial charge in [-0.05, 0) is 38.0 Å². The van der Waals surface area contributed by atoms with Crippen LogP contribution in [-0.4, -0.2) is 48.3 Å². The number of ether oxygens (including phenoxy) is 2. The third kappa shape index (κ3) is 3.87. The van der Waals surface area contributed by atoms with Gasteiger partial charge in [-0.2, -0.15) is 4.98 Å². The summed E-state index contributed by atoms with van der Waals surface area (Å²) in [4.78, 5) is 19.7. The molecule has 1 amide bonds. The molecule has 7 heteroatoms. The van der Waals surface area contributed by atoms with Gasteiger partial charge in [-0.15, -0.1) is 0 Å². The number of amides is 1. The predicted octanol–water partition coefficient (Wildman–Crippen LogP) is 4.08. The van der Waals surface area contributed by atoms with Gasteiger partial charge in [0.25, 0.3) is 5.91 Å². The zero-order chi connectivity index (χ0) is 21.1. The van der Waals surface area contributed by atoms with Crippen LogP contribution in [0.4, 0.5) is 0 Å². The molecule has 4 rings (SSSR count). The number of hydrogen-bond donors (Lipinski definition) is 0. The summed E-state index contributed by atoms with van der Waals surface area (Å²) in [6, 6.07) is 13.3. The number of likely N-dealkylation sites (tertiary alicyclic amines) is 1. The maximum Gasteiger partial charge on any atom is 0.261 e. The van der Waals surface area contributed by atoms with E-state index >= 15 is 0 Å². The Labute approximate surface area is 175 Å². The van der Waals surface area contributed by atoms with E-state index in [1.165, 1.54) is 0 Å². The standard InChI is InChI=1S/C23H25N3O4/c1-15-7-4-8-16(13-15)21-24-22(30-25-21)17-9-6-12-26(14-17)23(27)20-18(28-2)10-5-11-19(20)29-3/h4-5,7-8,10-11,13,17H,6,9,12,14H2,1-3H3. The Morgan fingerprint density at radius 3 is 2.57 bits per heavy atom. The largest absolute Gasteiger partial charge is 0.496 e. The van der Waals surface area contributed by atoms with Crippen LogP contribution in [0.15, 0.2) is 47.0 Å². The van der Waals surface area contributed by atoms with Crippen molar-refractivity contribution in [3.63, 3.8) is 0 Å². The van der Waals surface area contributed by atoms with E-state index in [9.17, 15) is 4.79 Å². The Morgan fingerprint density at radius 1 is 1.13 bits per heavy atom. The number of rotatable bonds is 5. The summed E-state index contributed by atoms with van der Waals surface area (Å²) in [5, 5.41) is 4.16. The highest BCUT2D eigenvalue weighted by molar-refractivity contribution is 5.99. The van der Waals surface area contributed by atoms with E-state index in [-0.39, 0.29) is 11.8 Å². The number of aromatic nitrogens is 2. The Morgan fingerprint density at radius 2 is 1.87 bits per heavy atom. The first-order valence-electron chi connectivity index (χ1n) is 10.0. The fraction of sp³-hybridized carbons (Fsp3) is 0.348. The number of aryl methyl sites for hydroxylation is 1. The highest BCUT2D eigenvalue weighted by Gasteiger charge is 2.31. The summed E-state index contributed by atoms with van der Waals surface area (Å²) < 4.78 is 16.4. The molecule has 0 saturated carbocycles. The average molecular weight is 407 g/mol. The zero-order valence-electron chi connectivity index (χ0n) is 17.4. The van der Waals surface area contributed by atoms with Crippen LogP contribution in [-0.2, 0) is 0 Å². The van der Waals surface area contributed by atoms with E-state index in [0.717, 1.165) is 24.0 Å². The fourth-order valence-corrected chi connectivity index (χ4v) is 3.89. The Balaban J connectivity index is 1.55. The van der Waals surface area contributed by atoms with Gasteiger partial charge < -0.3 is 18.9 Å². The number of benzene rings is 2. The number of piperidine rings is 1. The lowest BCUT2D eigenvalue weighted by Gasteiger charge is -2.31. The monoisotopic (exact) mass is 407 g/mol. The first-order valence-corrected chi connectivity index (χ1v) is 10.0. The molecule has 1 atom stereocenters. The molecular formula is C23H25N3O4. The van der Waals surface area contributed by atoms with E-state index in [0.29, 0.717) is 41.9 Å². The number of carbonyl (C=O) groups is 1. The molecule has 156 valence electrons. The van der Waals surface area contributed by atoms with Crippen molar-refractivity contribution in [3.8, 4) is 22.9 Å². The summed E-state index contributed by atoms with van der Waals surface area (Å²) in [5.41, 5.74) is 2.50. The Hall–Kier alpha value is -3.35. The minimum atomic E-state index is -0.118. The maximum absolute atomic E-state index is 13.3. The van der Waals surface area contributed by atoms with E-state index in [1.54, 1.807) is 32.4 Å². The highest BCUT2D eigenvalue weighted by atomic mass is 16.5. The second-order valence-corrected chi connectivity index (χ2v) is 7.45. The van der Waals surface area contributed by atoms with Crippen molar-refractivity contribution in [2.75, 3.05) is 27.3 Å². The van der Waals surface area contributed by atoms with Gasteiger partial charge in [0.2, 0.25) is 11.7 Å². The smallest absolute Gasteiger partial charge is 0.261 e.